The van der Waals surface area contributed by atoms with Crippen molar-refractivity contribution in [2.24, 2.45) is 5.92 Å². The first-order valence-corrected chi connectivity index (χ1v) is 8.58. The molecule has 1 aliphatic rings. The Morgan fingerprint density at radius 3 is 2.75 bits per heavy atom. The van der Waals surface area contributed by atoms with Crippen molar-refractivity contribution < 1.29 is 9.32 Å². The van der Waals surface area contributed by atoms with Gasteiger partial charge in [-0.2, -0.15) is 16.7 Å². The minimum Gasteiger partial charge on any atom is -0.342 e. The Hall–Kier alpha value is -1.04. The number of hydrogen-bond donors (Lipinski definition) is 0. The standard InChI is InChI=1S/C14H23N3O2S/c1-10(2)8-12-15-14(19-16-12)11-4-6-17(7-5-11)13(18)9-20-3/h10-11H,4-9H2,1-3H3. The summed E-state index contributed by atoms with van der Waals surface area (Å²) in [5.41, 5.74) is 0. The van der Waals surface area contributed by atoms with Crippen molar-refractivity contribution in [2.45, 2.75) is 39.0 Å². The number of piperidine rings is 1. The molecule has 20 heavy (non-hydrogen) atoms. The summed E-state index contributed by atoms with van der Waals surface area (Å²) in [7, 11) is 0. The average Bonchev–Trinajstić information content (AvgIpc) is 2.87. The third-order valence-corrected chi connectivity index (χ3v) is 4.07. The number of likely N-dealkylation sites (tertiary alicyclic amines) is 1. The molecular weight excluding hydrogens is 274 g/mol. The van der Waals surface area contributed by atoms with E-state index in [2.05, 4.69) is 24.0 Å². The number of rotatable bonds is 5. The third-order valence-electron chi connectivity index (χ3n) is 3.54. The Kier molecular flexibility index (Phi) is 5.46. The van der Waals surface area contributed by atoms with Gasteiger partial charge in [-0.25, -0.2) is 0 Å². The number of thioether (sulfide) groups is 1. The van der Waals surface area contributed by atoms with Crippen molar-refractivity contribution in [3.05, 3.63) is 11.7 Å². The van der Waals surface area contributed by atoms with E-state index in [1.807, 2.05) is 11.2 Å². The molecular formula is C14H23N3O2S. The van der Waals surface area contributed by atoms with E-state index < -0.39 is 0 Å². The smallest absolute Gasteiger partial charge is 0.232 e. The molecule has 6 heteroatoms. The SMILES string of the molecule is CSCC(=O)N1CCC(c2nc(CC(C)C)no2)CC1. The lowest BCUT2D eigenvalue weighted by Gasteiger charge is -2.30. The van der Waals surface area contributed by atoms with Crippen LogP contribution >= 0.6 is 11.8 Å². The summed E-state index contributed by atoms with van der Waals surface area (Å²) < 4.78 is 5.38. The van der Waals surface area contributed by atoms with Crippen LogP contribution in [0.25, 0.3) is 0 Å². The molecule has 0 bridgehead atoms. The van der Waals surface area contributed by atoms with E-state index >= 15 is 0 Å². The van der Waals surface area contributed by atoms with Crippen molar-refractivity contribution in [1.29, 1.82) is 0 Å². The second-order valence-corrected chi connectivity index (χ2v) is 6.60. The van der Waals surface area contributed by atoms with Crippen LogP contribution in [0.2, 0.25) is 0 Å². The van der Waals surface area contributed by atoms with Gasteiger partial charge in [-0.05, 0) is 25.0 Å². The van der Waals surface area contributed by atoms with Gasteiger partial charge in [0.25, 0.3) is 0 Å². The van der Waals surface area contributed by atoms with E-state index in [4.69, 9.17) is 4.52 Å². The highest BCUT2D eigenvalue weighted by atomic mass is 32.2. The monoisotopic (exact) mass is 297 g/mol. The Morgan fingerprint density at radius 1 is 1.45 bits per heavy atom. The van der Waals surface area contributed by atoms with Crippen molar-refractivity contribution in [3.8, 4) is 0 Å². The van der Waals surface area contributed by atoms with Gasteiger partial charge < -0.3 is 9.42 Å². The molecule has 1 fully saturated rings. The molecule has 2 rings (SSSR count). The second kappa shape index (κ2) is 7.11. The summed E-state index contributed by atoms with van der Waals surface area (Å²) in [6.07, 6.45) is 4.65. The fourth-order valence-electron chi connectivity index (χ4n) is 2.47. The molecule has 1 amide bonds. The zero-order valence-corrected chi connectivity index (χ0v) is 13.3. The Balaban J connectivity index is 1.87. The van der Waals surface area contributed by atoms with E-state index in [1.54, 1.807) is 11.8 Å². The Bertz CT molecular complexity index is 439. The summed E-state index contributed by atoms with van der Waals surface area (Å²) in [4.78, 5) is 18.3. The minimum atomic E-state index is 0.238. The first kappa shape index (κ1) is 15.4. The first-order chi connectivity index (χ1) is 9.60. The van der Waals surface area contributed by atoms with Gasteiger partial charge in [0.15, 0.2) is 5.82 Å². The fourth-order valence-corrected chi connectivity index (χ4v) is 2.90. The molecule has 1 aliphatic heterocycles. The molecule has 0 saturated carbocycles. The minimum absolute atomic E-state index is 0.238. The molecule has 0 atom stereocenters. The highest BCUT2D eigenvalue weighted by molar-refractivity contribution is 7.99. The van der Waals surface area contributed by atoms with Crippen LogP contribution in [0, 0.1) is 5.92 Å². The number of nitrogens with zero attached hydrogens (tertiary/aromatic N) is 3. The van der Waals surface area contributed by atoms with Crippen LogP contribution in [-0.4, -0.2) is 46.0 Å². The number of aromatic nitrogens is 2. The number of amides is 1. The highest BCUT2D eigenvalue weighted by Gasteiger charge is 2.27. The van der Waals surface area contributed by atoms with E-state index in [0.29, 0.717) is 17.6 Å². The summed E-state index contributed by atoms with van der Waals surface area (Å²) in [6, 6.07) is 0. The Labute approximate surface area is 124 Å². The largest absolute Gasteiger partial charge is 0.342 e. The van der Waals surface area contributed by atoms with Gasteiger partial charge in [0.2, 0.25) is 11.8 Å². The van der Waals surface area contributed by atoms with Crippen molar-refractivity contribution in [2.75, 3.05) is 25.1 Å². The van der Waals surface area contributed by atoms with Crippen molar-refractivity contribution >= 4 is 17.7 Å². The van der Waals surface area contributed by atoms with Crippen molar-refractivity contribution in [1.82, 2.24) is 15.0 Å². The molecule has 112 valence electrons. The van der Waals surface area contributed by atoms with Crippen LogP contribution < -0.4 is 0 Å². The molecule has 1 aromatic heterocycles. The molecule has 0 N–H and O–H groups in total. The van der Waals surface area contributed by atoms with E-state index in [0.717, 1.165) is 44.1 Å². The van der Waals surface area contributed by atoms with Gasteiger partial charge >= 0.3 is 0 Å². The average molecular weight is 297 g/mol. The summed E-state index contributed by atoms with van der Waals surface area (Å²) in [5, 5.41) is 4.05. The maximum Gasteiger partial charge on any atom is 0.232 e. The van der Waals surface area contributed by atoms with Gasteiger partial charge in [-0.3, -0.25) is 4.79 Å². The van der Waals surface area contributed by atoms with E-state index in [9.17, 15) is 4.79 Å². The molecule has 1 aromatic rings. The number of hydrogen-bond acceptors (Lipinski definition) is 5. The first-order valence-electron chi connectivity index (χ1n) is 7.19. The lowest BCUT2D eigenvalue weighted by molar-refractivity contribution is -0.129. The maximum absolute atomic E-state index is 11.8. The van der Waals surface area contributed by atoms with Crippen LogP contribution in [-0.2, 0) is 11.2 Å². The Morgan fingerprint density at radius 2 is 2.15 bits per heavy atom. The summed E-state index contributed by atoms with van der Waals surface area (Å²) in [5.74, 6) is 3.20. The lowest BCUT2D eigenvalue weighted by atomic mass is 9.97. The number of carbonyl (C=O) groups excluding carboxylic acids is 1. The van der Waals surface area contributed by atoms with Gasteiger partial charge in [0.05, 0.1) is 5.75 Å². The second-order valence-electron chi connectivity index (χ2n) is 5.73. The van der Waals surface area contributed by atoms with Crippen LogP contribution in [0.4, 0.5) is 0 Å². The predicted molar refractivity (Wildman–Crippen MR) is 79.8 cm³/mol. The van der Waals surface area contributed by atoms with Gasteiger partial charge in [-0.15, -0.1) is 0 Å². The normalized spacial score (nSPS) is 16.9. The molecule has 0 radical (unpaired) electrons. The molecule has 0 spiro atoms. The third kappa shape index (κ3) is 3.98. The van der Waals surface area contributed by atoms with Gasteiger partial charge in [0, 0.05) is 25.4 Å². The summed E-state index contributed by atoms with van der Waals surface area (Å²) in [6.45, 7) is 5.88. The quantitative estimate of drug-likeness (QED) is 0.835. The topological polar surface area (TPSA) is 59.2 Å². The van der Waals surface area contributed by atoms with Crippen LogP contribution in [0.3, 0.4) is 0 Å². The number of carbonyl (C=O) groups is 1. The molecule has 0 unspecified atom stereocenters. The molecule has 0 aromatic carbocycles. The highest BCUT2D eigenvalue weighted by Crippen LogP contribution is 2.27. The fraction of sp³-hybridized carbons (Fsp3) is 0.786. The van der Waals surface area contributed by atoms with E-state index in [1.165, 1.54) is 0 Å². The zero-order valence-electron chi connectivity index (χ0n) is 12.5. The lowest BCUT2D eigenvalue weighted by Crippen LogP contribution is -2.38. The van der Waals surface area contributed by atoms with Gasteiger partial charge in [0.1, 0.15) is 0 Å². The van der Waals surface area contributed by atoms with Crippen LogP contribution in [0.15, 0.2) is 4.52 Å². The summed E-state index contributed by atoms with van der Waals surface area (Å²) >= 11 is 1.58. The van der Waals surface area contributed by atoms with Crippen LogP contribution in [0.5, 0.6) is 0 Å². The molecule has 2 heterocycles. The van der Waals surface area contributed by atoms with Gasteiger partial charge in [-0.1, -0.05) is 19.0 Å². The molecule has 1 saturated heterocycles. The predicted octanol–water partition coefficient (Wildman–Crippen LogP) is 2.34. The van der Waals surface area contributed by atoms with Crippen LogP contribution in [0.1, 0.15) is 44.3 Å². The molecule has 5 nitrogen and oxygen atoms in total. The molecule has 0 aliphatic carbocycles. The van der Waals surface area contributed by atoms with Crippen molar-refractivity contribution in [3.63, 3.8) is 0 Å². The zero-order chi connectivity index (χ0) is 14.5. The van der Waals surface area contributed by atoms with E-state index in [-0.39, 0.29) is 5.91 Å². The maximum atomic E-state index is 11.8.